The van der Waals surface area contributed by atoms with Crippen LogP contribution in [0.5, 0.6) is 11.5 Å². The van der Waals surface area contributed by atoms with Gasteiger partial charge >= 0.3 is 0 Å². The number of hydrogen-bond acceptors (Lipinski definition) is 2. The van der Waals surface area contributed by atoms with E-state index in [2.05, 4.69) is 150 Å². The maximum absolute atomic E-state index is 6.88. The largest absolute Gasteiger partial charge is 0.457 e. The lowest BCUT2D eigenvalue weighted by Crippen LogP contribution is -2.74. The molecule has 2 bridgehead atoms. The summed E-state index contributed by atoms with van der Waals surface area (Å²) in [7, 11) is 0. The first-order valence-corrected chi connectivity index (χ1v) is 20.6. The third-order valence-electron chi connectivity index (χ3n) is 16.6. The number of anilines is 3. The van der Waals surface area contributed by atoms with Crippen molar-refractivity contribution in [3.8, 4) is 22.6 Å². The van der Waals surface area contributed by atoms with Gasteiger partial charge in [0.2, 0.25) is 0 Å². The van der Waals surface area contributed by atoms with Crippen LogP contribution in [0.3, 0.4) is 0 Å². The van der Waals surface area contributed by atoms with E-state index >= 15 is 0 Å². The van der Waals surface area contributed by atoms with Crippen LogP contribution in [0.4, 0.5) is 17.1 Å². The van der Waals surface area contributed by atoms with E-state index in [0.29, 0.717) is 5.41 Å². The Bertz CT molecular complexity index is 2430. The summed E-state index contributed by atoms with van der Waals surface area (Å²) in [5.41, 5.74) is 16.0. The van der Waals surface area contributed by atoms with Crippen molar-refractivity contribution in [3.05, 3.63) is 137 Å². The van der Waals surface area contributed by atoms with Crippen molar-refractivity contribution in [1.29, 1.82) is 0 Å². The highest BCUT2D eigenvalue weighted by Gasteiger charge is 2.84. The molecular formula is C51H51NO. The zero-order valence-electron chi connectivity index (χ0n) is 32.2. The first kappa shape index (κ1) is 31.1. The van der Waals surface area contributed by atoms with E-state index in [9.17, 15) is 0 Å². The van der Waals surface area contributed by atoms with E-state index < -0.39 is 0 Å². The molecule has 2 heteroatoms. The predicted molar refractivity (Wildman–Crippen MR) is 216 cm³/mol. The van der Waals surface area contributed by atoms with E-state index in [4.69, 9.17) is 4.74 Å². The molecule has 0 aromatic heterocycles. The molecule has 6 unspecified atom stereocenters. The molecule has 0 N–H and O–H groups in total. The Labute approximate surface area is 315 Å². The monoisotopic (exact) mass is 693 g/mol. The van der Waals surface area contributed by atoms with Gasteiger partial charge in [-0.2, -0.15) is 0 Å². The Hall–Kier alpha value is -4.30. The Kier molecular flexibility index (Phi) is 5.67. The molecule has 2 nitrogen and oxygen atoms in total. The Balaban J connectivity index is 1.08. The number of fused-ring (bicyclic) bond motifs is 11. The molecule has 4 fully saturated rings. The molecule has 6 atom stereocenters. The first-order valence-electron chi connectivity index (χ1n) is 20.6. The van der Waals surface area contributed by atoms with E-state index in [1.165, 1.54) is 100 Å². The summed E-state index contributed by atoms with van der Waals surface area (Å²) in [5.74, 6) is 5.46. The van der Waals surface area contributed by atoms with Gasteiger partial charge in [0.15, 0.2) is 0 Å². The van der Waals surface area contributed by atoms with Crippen LogP contribution in [-0.4, -0.2) is 0 Å². The third kappa shape index (κ3) is 3.58. The van der Waals surface area contributed by atoms with E-state index in [1.807, 2.05) is 0 Å². The number of para-hydroxylation sites is 1. The van der Waals surface area contributed by atoms with Crippen LogP contribution in [0.15, 0.2) is 103 Å². The Morgan fingerprint density at radius 3 is 1.92 bits per heavy atom. The van der Waals surface area contributed by atoms with Gasteiger partial charge in [-0.15, -0.1) is 0 Å². The fraction of sp³-hybridized carbons (Fsp3) is 0.412. The molecule has 0 radical (unpaired) electrons. The van der Waals surface area contributed by atoms with Gasteiger partial charge < -0.3 is 9.64 Å². The van der Waals surface area contributed by atoms with Crippen molar-refractivity contribution < 1.29 is 4.74 Å². The molecule has 4 saturated carbocycles. The van der Waals surface area contributed by atoms with Crippen LogP contribution < -0.4 is 9.64 Å². The molecule has 1 aliphatic heterocycles. The summed E-state index contributed by atoms with van der Waals surface area (Å²) in [6, 6.07) is 40.1. The van der Waals surface area contributed by atoms with Crippen molar-refractivity contribution in [2.24, 2.45) is 29.1 Å². The molecule has 7 aliphatic rings. The maximum atomic E-state index is 6.88. The molecule has 1 heterocycles. The summed E-state index contributed by atoms with van der Waals surface area (Å²) in [6.45, 7) is 14.6. The summed E-state index contributed by atoms with van der Waals surface area (Å²) in [4.78, 5) is 2.59. The van der Waals surface area contributed by atoms with Crippen LogP contribution in [0, 0.1) is 29.1 Å². The number of rotatable bonds is 3. The minimum absolute atomic E-state index is 0.0426. The topological polar surface area (TPSA) is 12.5 Å². The van der Waals surface area contributed by atoms with Gasteiger partial charge in [0, 0.05) is 39.0 Å². The van der Waals surface area contributed by atoms with E-state index in [-0.39, 0.29) is 21.7 Å². The van der Waals surface area contributed by atoms with Gasteiger partial charge in [-0.1, -0.05) is 96.1 Å². The van der Waals surface area contributed by atoms with Crippen LogP contribution in [0.2, 0.25) is 0 Å². The van der Waals surface area contributed by atoms with Crippen LogP contribution in [0.25, 0.3) is 11.1 Å². The van der Waals surface area contributed by atoms with Crippen LogP contribution in [0.1, 0.15) is 113 Å². The summed E-state index contributed by atoms with van der Waals surface area (Å²) in [6.07, 6.45) is 8.12. The molecule has 53 heavy (non-hydrogen) atoms. The SMILES string of the molecule is CC1(C)CCC(C)(C)c2cc(N(c3ccc4c(c3)C(C)(C)c3ccccc3-4)c3ccc4c(c3)C3(c5ccccc5O4)C4CC5CC6CC3C64C5)ccc21. The Morgan fingerprint density at radius 1 is 0.528 bits per heavy atom. The number of ether oxygens (including phenoxy) is 1. The van der Waals surface area contributed by atoms with Gasteiger partial charge in [-0.3, -0.25) is 0 Å². The number of nitrogens with zero attached hydrogens (tertiary/aromatic N) is 1. The van der Waals surface area contributed by atoms with Crippen LogP contribution >= 0.6 is 0 Å². The number of benzene rings is 5. The van der Waals surface area contributed by atoms with Gasteiger partial charge in [-0.25, -0.2) is 0 Å². The minimum atomic E-state index is -0.0737. The van der Waals surface area contributed by atoms with Crippen molar-refractivity contribution in [3.63, 3.8) is 0 Å². The van der Waals surface area contributed by atoms with Crippen molar-refractivity contribution in [1.82, 2.24) is 0 Å². The zero-order chi connectivity index (χ0) is 35.9. The minimum Gasteiger partial charge on any atom is -0.457 e. The molecule has 0 amide bonds. The quantitative estimate of drug-likeness (QED) is 0.186. The van der Waals surface area contributed by atoms with E-state index in [1.54, 1.807) is 0 Å². The second-order valence-electron chi connectivity index (χ2n) is 20.1. The predicted octanol–water partition coefficient (Wildman–Crippen LogP) is 13.3. The Morgan fingerprint density at radius 2 is 1.13 bits per heavy atom. The molecular weight excluding hydrogens is 643 g/mol. The normalized spacial score (nSPS) is 31.5. The summed E-state index contributed by atoms with van der Waals surface area (Å²) >= 11 is 0. The summed E-state index contributed by atoms with van der Waals surface area (Å²) < 4.78 is 6.88. The molecule has 266 valence electrons. The lowest BCUT2D eigenvalue weighted by atomic mass is 9.26. The fourth-order valence-electron chi connectivity index (χ4n) is 14.2. The van der Waals surface area contributed by atoms with Gasteiger partial charge in [0.25, 0.3) is 0 Å². The van der Waals surface area contributed by atoms with Crippen molar-refractivity contribution >= 4 is 17.1 Å². The molecule has 5 aromatic carbocycles. The smallest absolute Gasteiger partial charge is 0.131 e. The molecule has 12 rings (SSSR count). The van der Waals surface area contributed by atoms with Crippen molar-refractivity contribution in [2.45, 2.75) is 102 Å². The average Bonchev–Trinajstić information content (AvgIpc) is 3.76. The lowest BCUT2D eigenvalue weighted by molar-refractivity contribution is -0.235. The molecule has 2 spiro atoms. The highest BCUT2D eigenvalue weighted by atomic mass is 16.5. The molecule has 5 aromatic rings. The van der Waals surface area contributed by atoms with Gasteiger partial charge in [0.05, 0.1) is 0 Å². The lowest BCUT2D eigenvalue weighted by Gasteiger charge is -2.77. The first-order chi connectivity index (χ1) is 25.4. The fourth-order valence-corrected chi connectivity index (χ4v) is 14.2. The van der Waals surface area contributed by atoms with Crippen molar-refractivity contribution in [2.75, 3.05) is 4.90 Å². The van der Waals surface area contributed by atoms with E-state index in [0.717, 1.165) is 35.2 Å². The molecule has 6 aliphatic carbocycles. The second-order valence-corrected chi connectivity index (χ2v) is 20.1. The molecule has 0 saturated heterocycles. The highest BCUT2D eigenvalue weighted by molar-refractivity contribution is 5.86. The third-order valence-corrected chi connectivity index (χ3v) is 16.6. The summed E-state index contributed by atoms with van der Waals surface area (Å²) in [5, 5.41) is 0. The maximum Gasteiger partial charge on any atom is 0.131 e. The standard InChI is InChI=1S/C51H51NO/c1-47(2)21-22-48(3,4)41-27-33(16-19-38(41)47)52(32-15-18-36-35-11-7-8-12-37(35)49(5,6)40(36)26-32)34-17-20-44-42(28-34)51(39-13-9-10-14-43(39)53-44)45-24-30-23-31-25-46(51)50(31,45)29-30/h7-20,26-28,30-31,45-46H,21-25,29H2,1-6H3. The number of hydrogen-bond donors (Lipinski definition) is 0. The average molecular weight is 694 g/mol. The second kappa shape index (κ2) is 9.67. The highest BCUT2D eigenvalue weighted by Crippen LogP contribution is 2.89. The van der Waals surface area contributed by atoms with Crippen LogP contribution in [-0.2, 0) is 21.7 Å². The van der Waals surface area contributed by atoms with Gasteiger partial charge in [0.1, 0.15) is 11.5 Å². The van der Waals surface area contributed by atoms with Gasteiger partial charge in [-0.05, 0) is 160 Å². The zero-order valence-corrected chi connectivity index (χ0v) is 32.2.